The molecule has 1 aliphatic heterocycles. The van der Waals surface area contributed by atoms with Crippen molar-refractivity contribution in [2.24, 2.45) is 0 Å². The maximum atomic E-state index is 12.5. The number of nitriles is 1. The van der Waals surface area contributed by atoms with Crippen LogP contribution in [-0.4, -0.2) is 43.5 Å². The quantitative estimate of drug-likeness (QED) is 0.923. The van der Waals surface area contributed by atoms with Gasteiger partial charge in [-0.25, -0.2) is 0 Å². The van der Waals surface area contributed by atoms with E-state index in [0.29, 0.717) is 24.3 Å². The number of anilines is 2. The molecule has 5 nitrogen and oxygen atoms in total. The Morgan fingerprint density at radius 2 is 1.81 bits per heavy atom. The highest BCUT2D eigenvalue weighted by Gasteiger charge is 2.22. The van der Waals surface area contributed by atoms with Gasteiger partial charge in [0.2, 0.25) is 5.91 Å². The van der Waals surface area contributed by atoms with Crippen molar-refractivity contribution in [1.82, 2.24) is 4.90 Å². The molecule has 0 atom stereocenters. The Balaban J connectivity index is 1.55. The lowest BCUT2D eigenvalue weighted by atomic mass is 10.1. The molecule has 134 valence electrons. The second-order valence-electron chi connectivity index (χ2n) is 6.60. The van der Waals surface area contributed by atoms with Crippen LogP contribution >= 0.6 is 0 Å². The van der Waals surface area contributed by atoms with E-state index >= 15 is 0 Å². The molecule has 1 fully saturated rings. The molecule has 0 radical (unpaired) electrons. The number of piperazine rings is 1. The van der Waals surface area contributed by atoms with Gasteiger partial charge in [-0.3, -0.25) is 4.79 Å². The summed E-state index contributed by atoms with van der Waals surface area (Å²) in [6, 6.07) is 15.8. The number of rotatable bonds is 4. The second-order valence-corrected chi connectivity index (χ2v) is 6.60. The molecule has 0 spiro atoms. The number of para-hydroxylation sites is 1. The van der Waals surface area contributed by atoms with Crippen LogP contribution < -0.4 is 10.2 Å². The monoisotopic (exact) mass is 348 g/mol. The summed E-state index contributed by atoms with van der Waals surface area (Å²) in [4.78, 5) is 16.7. The number of nitrogens with zero attached hydrogens (tertiary/aromatic N) is 3. The normalized spacial score (nSPS) is 14.0. The first-order valence-corrected chi connectivity index (χ1v) is 8.92. The fraction of sp³-hybridized carbons (Fsp3) is 0.333. The number of carbonyl (C=O) groups is 1. The summed E-state index contributed by atoms with van der Waals surface area (Å²) in [5.74, 6) is 0.0679. The van der Waals surface area contributed by atoms with Crippen molar-refractivity contribution >= 4 is 17.3 Å². The Morgan fingerprint density at radius 3 is 2.54 bits per heavy atom. The van der Waals surface area contributed by atoms with Crippen molar-refractivity contribution in [3.63, 3.8) is 0 Å². The summed E-state index contributed by atoms with van der Waals surface area (Å²) in [5, 5.41) is 12.2. The van der Waals surface area contributed by atoms with E-state index < -0.39 is 0 Å². The minimum absolute atomic E-state index is 0.0679. The van der Waals surface area contributed by atoms with E-state index in [1.807, 2.05) is 23.1 Å². The van der Waals surface area contributed by atoms with Gasteiger partial charge in [-0.2, -0.15) is 5.26 Å². The van der Waals surface area contributed by atoms with Gasteiger partial charge in [0.1, 0.15) is 6.07 Å². The van der Waals surface area contributed by atoms with Crippen LogP contribution in [0.2, 0.25) is 0 Å². The standard InChI is InChI=1S/C21H24N4O/c1-16-6-5-9-20(17(16)2)24-10-12-25(13-11-24)21(26)15-23-19-8-4-3-7-18(19)14-22/h3-9,23H,10-13,15H2,1-2H3. The van der Waals surface area contributed by atoms with Gasteiger partial charge in [0, 0.05) is 31.9 Å². The number of hydrogen-bond acceptors (Lipinski definition) is 4. The minimum Gasteiger partial charge on any atom is -0.375 e. The smallest absolute Gasteiger partial charge is 0.241 e. The van der Waals surface area contributed by atoms with Crippen molar-refractivity contribution in [3.8, 4) is 6.07 Å². The fourth-order valence-corrected chi connectivity index (χ4v) is 3.29. The predicted molar refractivity (Wildman–Crippen MR) is 104 cm³/mol. The van der Waals surface area contributed by atoms with Crippen LogP contribution in [0.25, 0.3) is 0 Å². The Morgan fingerprint density at radius 1 is 1.08 bits per heavy atom. The van der Waals surface area contributed by atoms with E-state index in [1.165, 1.54) is 16.8 Å². The molecule has 1 N–H and O–H groups in total. The third-order valence-electron chi connectivity index (χ3n) is 5.03. The zero-order chi connectivity index (χ0) is 18.5. The molecular formula is C21H24N4O. The average Bonchev–Trinajstić information content (AvgIpc) is 2.68. The first kappa shape index (κ1) is 17.8. The van der Waals surface area contributed by atoms with E-state index in [-0.39, 0.29) is 12.5 Å². The van der Waals surface area contributed by atoms with Crippen LogP contribution in [0.5, 0.6) is 0 Å². The predicted octanol–water partition coefficient (Wildman–Crippen LogP) is 2.94. The Kier molecular flexibility index (Phi) is 5.43. The minimum atomic E-state index is 0.0679. The van der Waals surface area contributed by atoms with Gasteiger partial charge in [0.05, 0.1) is 17.8 Å². The molecule has 1 aliphatic rings. The summed E-state index contributed by atoms with van der Waals surface area (Å²) in [6.45, 7) is 7.60. The lowest BCUT2D eigenvalue weighted by Gasteiger charge is -2.37. The molecule has 0 aromatic heterocycles. The fourth-order valence-electron chi connectivity index (χ4n) is 3.29. The third kappa shape index (κ3) is 3.80. The molecule has 1 amide bonds. The van der Waals surface area contributed by atoms with Gasteiger partial charge >= 0.3 is 0 Å². The van der Waals surface area contributed by atoms with Gasteiger partial charge in [0.15, 0.2) is 0 Å². The van der Waals surface area contributed by atoms with Crippen molar-refractivity contribution in [3.05, 3.63) is 59.2 Å². The molecule has 0 unspecified atom stereocenters. The van der Waals surface area contributed by atoms with Crippen LogP contribution in [0, 0.1) is 25.2 Å². The molecule has 1 saturated heterocycles. The van der Waals surface area contributed by atoms with Gasteiger partial charge in [-0.1, -0.05) is 24.3 Å². The van der Waals surface area contributed by atoms with E-state index in [2.05, 4.69) is 48.3 Å². The van der Waals surface area contributed by atoms with Gasteiger partial charge in [-0.05, 0) is 43.2 Å². The molecule has 3 rings (SSSR count). The summed E-state index contributed by atoms with van der Waals surface area (Å²) < 4.78 is 0. The zero-order valence-corrected chi connectivity index (χ0v) is 15.3. The van der Waals surface area contributed by atoms with Crippen LogP contribution in [0.1, 0.15) is 16.7 Å². The van der Waals surface area contributed by atoms with E-state index in [4.69, 9.17) is 5.26 Å². The highest BCUT2D eigenvalue weighted by molar-refractivity contribution is 5.81. The molecule has 0 bridgehead atoms. The van der Waals surface area contributed by atoms with Crippen molar-refractivity contribution in [2.45, 2.75) is 13.8 Å². The average molecular weight is 348 g/mol. The van der Waals surface area contributed by atoms with Crippen molar-refractivity contribution in [1.29, 1.82) is 5.26 Å². The SMILES string of the molecule is Cc1cccc(N2CCN(C(=O)CNc3ccccc3C#N)CC2)c1C. The first-order valence-electron chi connectivity index (χ1n) is 8.92. The molecule has 0 saturated carbocycles. The summed E-state index contributed by atoms with van der Waals surface area (Å²) in [5.41, 5.74) is 5.12. The first-order chi connectivity index (χ1) is 12.6. The van der Waals surface area contributed by atoms with Gasteiger partial charge in [-0.15, -0.1) is 0 Å². The summed E-state index contributed by atoms with van der Waals surface area (Å²) >= 11 is 0. The zero-order valence-electron chi connectivity index (χ0n) is 15.3. The molecule has 26 heavy (non-hydrogen) atoms. The maximum absolute atomic E-state index is 12.5. The summed E-state index contributed by atoms with van der Waals surface area (Å²) in [7, 11) is 0. The second kappa shape index (κ2) is 7.92. The van der Waals surface area contributed by atoms with E-state index in [9.17, 15) is 4.79 Å². The molecule has 2 aromatic carbocycles. The lowest BCUT2D eigenvalue weighted by molar-refractivity contribution is -0.129. The number of amides is 1. The van der Waals surface area contributed by atoms with E-state index in [0.717, 1.165) is 13.1 Å². The lowest BCUT2D eigenvalue weighted by Crippen LogP contribution is -2.50. The highest BCUT2D eigenvalue weighted by Crippen LogP contribution is 2.24. The van der Waals surface area contributed by atoms with Crippen LogP contribution in [0.3, 0.4) is 0 Å². The topological polar surface area (TPSA) is 59.4 Å². The van der Waals surface area contributed by atoms with Crippen molar-refractivity contribution < 1.29 is 4.79 Å². The van der Waals surface area contributed by atoms with E-state index in [1.54, 1.807) is 6.07 Å². The Hall–Kier alpha value is -3.00. The molecule has 1 heterocycles. The Bertz CT molecular complexity index is 832. The molecule has 2 aromatic rings. The number of hydrogen-bond donors (Lipinski definition) is 1. The van der Waals surface area contributed by atoms with Gasteiger partial charge in [0.25, 0.3) is 0 Å². The van der Waals surface area contributed by atoms with Crippen molar-refractivity contribution in [2.75, 3.05) is 42.9 Å². The highest BCUT2D eigenvalue weighted by atomic mass is 16.2. The largest absolute Gasteiger partial charge is 0.375 e. The molecule has 5 heteroatoms. The van der Waals surface area contributed by atoms with Crippen LogP contribution in [0.4, 0.5) is 11.4 Å². The number of benzene rings is 2. The summed E-state index contributed by atoms with van der Waals surface area (Å²) in [6.07, 6.45) is 0. The number of nitrogens with one attached hydrogen (secondary N) is 1. The van der Waals surface area contributed by atoms with Crippen LogP contribution in [-0.2, 0) is 4.79 Å². The molecule has 0 aliphatic carbocycles. The van der Waals surface area contributed by atoms with Crippen LogP contribution in [0.15, 0.2) is 42.5 Å². The maximum Gasteiger partial charge on any atom is 0.241 e. The molecular weight excluding hydrogens is 324 g/mol. The Labute approximate surface area is 154 Å². The third-order valence-corrected chi connectivity index (χ3v) is 5.03. The number of aryl methyl sites for hydroxylation is 1. The number of carbonyl (C=O) groups excluding carboxylic acids is 1. The van der Waals surface area contributed by atoms with Gasteiger partial charge < -0.3 is 15.1 Å².